The highest BCUT2D eigenvalue weighted by atomic mass is 32.1. The molecule has 0 bridgehead atoms. The van der Waals surface area contributed by atoms with E-state index in [4.69, 9.17) is 5.11 Å². The van der Waals surface area contributed by atoms with Crippen molar-refractivity contribution < 1.29 is 14.3 Å². The maximum absolute atomic E-state index is 13.0. The van der Waals surface area contributed by atoms with Crippen molar-refractivity contribution in [3.05, 3.63) is 35.0 Å². The lowest BCUT2D eigenvalue weighted by molar-refractivity contribution is -0.142. The van der Waals surface area contributed by atoms with Crippen molar-refractivity contribution in [2.75, 3.05) is 0 Å². The number of hydrogen-bond acceptors (Lipinski definition) is 2. The molecule has 0 fully saturated rings. The van der Waals surface area contributed by atoms with E-state index >= 15 is 0 Å². The maximum Gasteiger partial charge on any atom is 0.314 e. The van der Waals surface area contributed by atoms with Crippen LogP contribution in [0.15, 0.2) is 24.3 Å². The van der Waals surface area contributed by atoms with Gasteiger partial charge in [0.1, 0.15) is 5.82 Å². The largest absolute Gasteiger partial charge is 0.481 e. The number of benzene rings is 1. The quantitative estimate of drug-likeness (QED) is 0.870. The summed E-state index contributed by atoms with van der Waals surface area (Å²) < 4.78 is 13.8. The summed E-state index contributed by atoms with van der Waals surface area (Å²) in [4.78, 5) is 11.8. The van der Waals surface area contributed by atoms with Crippen molar-refractivity contribution in [3.8, 4) is 0 Å². The third-order valence-corrected chi connectivity index (χ3v) is 4.05. The monoisotopic (exact) mass is 238 g/mol. The molecule has 0 saturated heterocycles. The van der Waals surface area contributed by atoms with Crippen LogP contribution < -0.4 is 0 Å². The van der Waals surface area contributed by atoms with Crippen molar-refractivity contribution in [1.29, 1.82) is 0 Å². The van der Waals surface area contributed by atoms with E-state index in [1.54, 1.807) is 19.9 Å². The van der Waals surface area contributed by atoms with Gasteiger partial charge < -0.3 is 5.11 Å². The Morgan fingerprint density at radius 1 is 1.38 bits per heavy atom. The molecule has 0 aliphatic carbocycles. The van der Waals surface area contributed by atoms with Gasteiger partial charge in [-0.25, -0.2) is 4.39 Å². The molecule has 1 aromatic carbocycles. The van der Waals surface area contributed by atoms with Gasteiger partial charge in [0.2, 0.25) is 0 Å². The van der Waals surface area contributed by atoms with Crippen molar-refractivity contribution in [2.45, 2.75) is 19.3 Å². The summed E-state index contributed by atoms with van der Waals surface area (Å²) in [5.74, 6) is -1.17. The van der Waals surface area contributed by atoms with Crippen LogP contribution in [-0.2, 0) is 10.2 Å². The third-order valence-electron chi connectivity index (χ3n) is 2.63. The fraction of sp³-hybridized carbons (Fsp3) is 0.250. The van der Waals surface area contributed by atoms with E-state index in [-0.39, 0.29) is 5.82 Å². The molecule has 0 aliphatic heterocycles. The summed E-state index contributed by atoms with van der Waals surface area (Å²) in [6, 6.07) is 6.30. The van der Waals surface area contributed by atoms with Crippen LogP contribution in [0.3, 0.4) is 0 Å². The molecule has 2 nitrogen and oxygen atoms in total. The van der Waals surface area contributed by atoms with Gasteiger partial charge in [-0.2, -0.15) is 0 Å². The SMILES string of the molecule is CC(C)(C(=O)O)c1cc2ccc(F)cc2s1. The second-order valence-corrected chi connectivity index (χ2v) is 5.31. The summed E-state index contributed by atoms with van der Waals surface area (Å²) in [7, 11) is 0. The maximum atomic E-state index is 13.0. The Hall–Kier alpha value is -1.42. The van der Waals surface area contributed by atoms with E-state index in [2.05, 4.69) is 0 Å². The summed E-state index contributed by atoms with van der Waals surface area (Å²) >= 11 is 1.33. The average Bonchev–Trinajstić information content (AvgIpc) is 2.60. The van der Waals surface area contributed by atoms with Crippen molar-refractivity contribution in [2.24, 2.45) is 0 Å². The van der Waals surface area contributed by atoms with Gasteiger partial charge in [0.15, 0.2) is 0 Å². The normalized spacial score (nSPS) is 11.9. The number of hydrogen-bond donors (Lipinski definition) is 1. The zero-order chi connectivity index (χ0) is 11.9. The lowest BCUT2D eigenvalue weighted by Gasteiger charge is -2.16. The van der Waals surface area contributed by atoms with Crippen LogP contribution in [0, 0.1) is 5.82 Å². The van der Waals surface area contributed by atoms with E-state index in [1.807, 2.05) is 6.07 Å². The third kappa shape index (κ3) is 1.69. The Morgan fingerprint density at radius 3 is 2.69 bits per heavy atom. The first kappa shape index (κ1) is 11.1. The van der Waals surface area contributed by atoms with E-state index < -0.39 is 11.4 Å². The lowest BCUT2D eigenvalue weighted by atomic mass is 9.91. The molecule has 1 N–H and O–H groups in total. The van der Waals surface area contributed by atoms with Crippen LogP contribution in [-0.4, -0.2) is 11.1 Å². The Labute approximate surface area is 96.3 Å². The second kappa shape index (κ2) is 3.56. The number of carbonyl (C=O) groups is 1. The van der Waals surface area contributed by atoms with Crippen LogP contribution >= 0.6 is 11.3 Å². The van der Waals surface area contributed by atoms with E-state index in [0.717, 1.165) is 15.0 Å². The van der Waals surface area contributed by atoms with Gasteiger partial charge in [-0.3, -0.25) is 4.79 Å². The molecular weight excluding hydrogens is 227 g/mol. The Balaban J connectivity index is 2.59. The van der Waals surface area contributed by atoms with E-state index in [9.17, 15) is 9.18 Å². The van der Waals surface area contributed by atoms with Gasteiger partial charge in [-0.1, -0.05) is 6.07 Å². The van der Waals surface area contributed by atoms with E-state index in [0.29, 0.717) is 0 Å². The summed E-state index contributed by atoms with van der Waals surface area (Å²) in [6.45, 7) is 3.30. The van der Waals surface area contributed by atoms with Crippen molar-refractivity contribution >= 4 is 27.4 Å². The molecule has 0 aliphatic rings. The Kier molecular flexibility index (Phi) is 2.46. The molecule has 0 spiro atoms. The van der Waals surface area contributed by atoms with Gasteiger partial charge in [-0.05, 0) is 37.4 Å². The predicted molar refractivity (Wildman–Crippen MR) is 62.4 cm³/mol. The molecule has 2 aromatic rings. The molecule has 2 rings (SSSR count). The van der Waals surface area contributed by atoms with Crippen LogP contribution in [0.25, 0.3) is 10.1 Å². The first-order valence-corrected chi connectivity index (χ1v) is 5.66. The number of aliphatic carboxylic acids is 1. The van der Waals surface area contributed by atoms with E-state index in [1.165, 1.54) is 23.5 Å². The second-order valence-electron chi connectivity index (χ2n) is 4.22. The summed E-state index contributed by atoms with van der Waals surface area (Å²) in [6.07, 6.45) is 0. The van der Waals surface area contributed by atoms with Gasteiger partial charge in [-0.15, -0.1) is 11.3 Å². The number of rotatable bonds is 2. The molecule has 1 heterocycles. The molecule has 1 aromatic heterocycles. The number of halogens is 1. The predicted octanol–water partition coefficient (Wildman–Crippen LogP) is 3.40. The molecule has 0 saturated carbocycles. The van der Waals surface area contributed by atoms with Gasteiger partial charge in [0, 0.05) is 9.58 Å². The van der Waals surface area contributed by atoms with Gasteiger partial charge in [0.25, 0.3) is 0 Å². The smallest absolute Gasteiger partial charge is 0.314 e. The Morgan fingerprint density at radius 2 is 2.06 bits per heavy atom. The number of carboxylic acids is 1. The standard InChI is InChI=1S/C12H11FO2S/c1-12(2,11(14)15)10-5-7-3-4-8(13)6-9(7)16-10/h3-6H,1-2H3,(H,14,15). The molecule has 84 valence electrons. The van der Waals surface area contributed by atoms with Crippen LogP contribution in [0.5, 0.6) is 0 Å². The average molecular weight is 238 g/mol. The molecule has 16 heavy (non-hydrogen) atoms. The lowest BCUT2D eigenvalue weighted by Crippen LogP contribution is -2.27. The number of fused-ring (bicyclic) bond motifs is 1. The minimum atomic E-state index is -0.930. The van der Waals surface area contributed by atoms with Crippen molar-refractivity contribution in [1.82, 2.24) is 0 Å². The minimum absolute atomic E-state index is 0.297. The molecule has 0 atom stereocenters. The first-order valence-electron chi connectivity index (χ1n) is 4.84. The van der Waals surface area contributed by atoms with Gasteiger partial charge in [0.05, 0.1) is 5.41 Å². The molecular formula is C12H11FO2S. The van der Waals surface area contributed by atoms with Gasteiger partial charge >= 0.3 is 5.97 Å². The molecule has 0 radical (unpaired) electrons. The number of thiophene rings is 1. The molecule has 4 heteroatoms. The zero-order valence-corrected chi connectivity index (χ0v) is 9.77. The summed E-state index contributed by atoms with van der Waals surface area (Å²) in [5, 5.41) is 9.99. The highest BCUT2D eigenvalue weighted by Gasteiger charge is 2.31. The summed E-state index contributed by atoms with van der Waals surface area (Å²) in [5.41, 5.74) is -0.930. The fourth-order valence-corrected chi connectivity index (χ4v) is 2.60. The van der Waals surface area contributed by atoms with Crippen LogP contribution in [0.2, 0.25) is 0 Å². The molecule has 0 amide bonds. The minimum Gasteiger partial charge on any atom is -0.481 e. The molecule has 0 unspecified atom stereocenters. The van der Waals surface area contributed by atoms with Crippen molar-refractivity contribution in [3.63, 3.8) is 0 Å². The first-order chi connectivity index (χ1) is 7.41. The fourth-order valence-electron chi connectivity index (χ4n) is 1.42. The zero-order valence-electron chi connectivity index (χ0n) is 8.95. The topological polar surface area (TPSA) is 37.3 Å². The highest BCUT2D eigenvalue weighted by Crippen LogP contribution is 2.34. The van der Waals surface area contributed by atoms with Crippen LogP contribution in [0.1, 0.15) is 18.7 Å². The highest BCUT2D eigenvalue weighted by molar-refractivity contribution is 7.19. The van der Waals surface area contributed by atoms with Crippen LogP contribution in [0.4, 0.5) is 4.39 Å². The number of carboxylic acid groups (broad SMARTS) is 1. The Bertz CT molecular complexity index is 557.